The zero-order valence-corrected chi connectivity index (χ0v) is 22.6. The maximum Gasteiger partial charge on any atom is 0.0272 e. The van der Waals surface area contributed by atoms with Crippen molar-refractivity contribution in [2.24, 2.45) is 0 Å². The van der Waals surface area contributed by atoms with Crippen molar-refractivity contribution in [1.82, 2.24) is 4.90 Å². The Morgan fingerprint density at radius 1 is 0.500 bits per heavy atom. The molecule has 1 unspecified atom stereocenters. The molecular weight excluding hydrogens is 386 g/mol. The lowest BCUT2D eigenvalue weighted by Gasteiger charge is -2.21. The average molecular weight is 446 g/mol. The van der Waals surface area contributed by atoms with Crippen LogP contribution >= 0.6 is 0 Å². The molecule has 0 aromatic carbocycles. The summed E-state index contributed by atoms with van der Waals surface area (Å²) in [4.78, 5) is 2.39. The number of hydrogen-bond donors (Lipinski definition) is 0. The fourth-order valence-electron chi connectivity index (χ4n) is 4.16. The third kappa shape index (κ3) is 23.8. The molecule has 1 heteroatoms. The Bertz CT molecular complexity index is 432. The maximum atomic E-state index is 2.47. The topological polar surface area (TPSA) is 3.24 Å². The van der Waals surface area contributed by atoms with Crippen molar-refractivity contribution < 1.29 is 0 Å². The first-order valence-corrected chi connectivity index (χ1v) is 14.3. The molecule has 0 spiro atoms. The van der Waals surface area contributed by atoms with Crippen LogP contribution in [-0.4, -0.2) is 25.0 Å². The van der Waals surface area contributed by atoms with Crippen LogP contribution < -0.4 is 0 Å². The molecule has 0 saturated heterocycles. The van der Waals surface area contributed by atoms with Crippen molar-refractivity contribution in [2.45, 2.75) is 148 Å². The normalized spacial score (nSPS) is 13.4. The predicted octanol–water partition coefficient (Wildman–Crippen LogP) is 10.4. The van der Waals surface area contributed by atoms with E-state index in [9.17, 15) is 0 Å². The van der Waals surface area contributed by atoms with E-state index in [-0.39, 0.29) is 0 Å². The summed E-state index contributed by atoms with van der Waals surface area (Å²) in [5.74, 6) is 0. The van der Waals surface area contributed by atoms with Gasteiger partial charge in [-0.2, -0.15) is 0 Å². The van der Waals surface area contributed by atoms with E-state index in [0.29, 0.717) is 6.04 Å². The summed E-state index contributed by atoms with van der Waals surface area (Å²) in [6.07, 6.45) is 41.3. The zero-order chi connectivity index (χ0) is 23.5. The number of rotatable bonds is 24. The van der Waals surface area contributed by atoms with Crippen LogP contribution in [0.2, 0.25) is 0 Å². The highest BCUT2D eigenvalue weighted by atomic mass is 15.1. The van der Waals surface area contributed by atoms with E-state index in [0.717, 1.165) is 6.42 Å². The highest BCUT2D eigenvalue weighted by Crippen LogP contribution is 2.14. The molecular formula is C31H59N. The van der Waals surface area contributed by atoms with Gasteiger partial charge in [0.05, 0.1) is 0 Å². The highest BCUT2D eigenvalue weighted by molar-refractivity contribution is 4.93. The lowest BCUT2D eigenvalue weighted by molar-refractivity contribution is 0.319. The first-order chi connectivity index (χ1) is 15.7. The van der Waals surface area contributed by atoms with E-state index in [1.807, 2.05) is 0 Å². The van der Waals surface area contributed by atoms with Crippen molar-refractivity contribution in [3.8, 4) is 0 Å². The Labute approximate surface area is 203 Å². The second-order valence-corrected chi connectivity index (χ2v) is 9.89. The number of nitrogens with zero attached hydrogens (tertiary/aromatic N) is 1. The van der Waals surface area contributed by atoms with Crippen molar-refractivity contribution in [2.75, 3.05) is 14.1 Å². The quantitative estimate of drug-likeness (QED) is 0.105. The Morgan fingerprint density at radius 2 is 0.938 bits per heavy atom. The standard InChI is InChI=1S/C31H59N/c1-5-7-9-11-13-14-15-16-17-18-19-20-21-22-24-26-28-30-31(32(3)4)29-27-25-23-12-10-8-6-2/h13-14,16-17,28,30-31H,5-12,15,18-27,29H2,1-4H3/b14-13-,17-16-,30-28+. The van der Waals surface area contributed by atoms with E-state index in [1.54, 1.807) is 0 Å². The largest absolute Gasteiger partial charge is 0.303 e. The summed E-state index contributed by atoms with van der Waals surface area (Å²) < 4.78 is 0. The second-order valence-electron chi connectivity index (χ2n) is 9.89. The molecule has 0 aliphatic heterocycles. The molecule has 32 heavy (non-hydrogen) atoms. The summed E-state index contributed by atoms with van der Waals surface area (Å²) in [6.45, 7) is 4.56. The fraction of sp³-hybridized carbons (Fsp3) is 0.806. The molecule has 188 valence electrons. The van der Waals surface area contributed by atoms with E-state index in [1.165, 1.54) is 122 Å². The van der Waals surface area contributed by atoms with Crippen LogP contribution in [0.3, 0.4) is 0 Å². The molecule has 0 N–H and O–H groups in total. The van der Waals surface area contributed by atoms with Crippen LogP contribution in [0.4, 0.5) is 0 Å². The molecule has 0 radical (unpaired) electrons. The molecule has 0 amide bonds. The molecule has 0 aliphatic rings. The van der Waals surface area contributed by atoms with Gasteiger partial charge in [-0.15, -0.1) is 0 Å². The van der Waals surface area contributed by atoms with Crippen LogP contribution in [0, 0.1) is 0 Å². The molecule has 0 aromatic heterocycles. The third-order valence-corrected chi connectivity index (χ3v) is 6.45. The summed E-state index contributed by atoms with van der Waals surface area (Å²) in [7, 11) is 4.46. The number of allylic oxidation sites excluding steroid dienone is 5. The van der Waals surface area contributed by atoms with Gasteiger partial charge in [0.25, 0.3) is 0 Å². The molecule has 0 rings (SSSR count). The minimum atomic E-state index is 0.628. The predicted molar refractivity (Wildman–Crippen MR) is 149 cm³/mol. The maximum absolute atomic E-state index is 2.47. The molecule has 0 heterocycles. The summed E-state index contributed by atoms with van der Waals surface area (Å²) in [5, 5.41) is 0. The van der Waals surface area contributed by atoms with Crippen LogP contribution in [0.1, 0.15) is 142 Å². The van der Waals surface area contributed by atoms with Crippen molar-refractivity contribution in [3.05, 3.63) is 36.5 Å². The van der Waals surface area contributed by atoms with E-state index in [2.05, 4.69) is 69.3 Å². The second kappa shape index (κ2) is 26.4. The Balaban J connectivity index is 3.56. The van der Waals surface area contributed by atoms with Crippen molar-refractivity contribution in [3.63, 3.8) is 0 Å². The number of likely N-dealkylation sites (N-methyl/N-ethyl adjacent to an activating group) is 1. The van der Waals surface area contributed by atoms with Crippen LogP contribution in [0.5, 0.6) is 0 Å². The lowest BCUT2D eigenvalue weighted by Crippen LogP contribution is -2.25. The van der Waals surface area contributed by atoms with Gasteiger partial charge >= 0.3 is 0 Å². The first kappa shape index (κ1) is 31.2. The van der Waals surface area contributed by atoms with Gasteiger partial charge in [-0.3, -0.25) is 0 Å². The Morgan fingerprint density at radius 3 is 1.50 bits per heavy atom. The minimum Gasteiger partial charge on any atom is -0.303 e. The molecule has 0 saturated carbocycles. The molecule has 0 fully saturated rings. The van der Waals surface area contributed by atoms with Gasteiger partial charge < -0.3 is 4.90 Å². The molecule has 0 bridgehead atoms. The Kier molecular flexibility index (Phi) is 25.8. The summed E-state index contributed by atoms with van der Waals surface area (Å²) in [6, 6.07) is 0.628. The first-order valence-electron chi connectivity index (χ1n) is 14.3. The van der Waals surface area contributed by atoms with E-state index in [4.69, 9.17) is 0 Å². The van der Waals surface area contributed by atoms with Crippen molar-refractivity contribution >= 4 is 0 Å². The number of unbranched alkanes of at least 4 members (excludes halogenated alkanes) is 15. The van der Waals surface area contributed by atoms with Gasteiger partial charge in [0.2, 0.25) is 0 Å². The SMILES string of the molecule is CCCCC/C=C\C/C=C\CCCCCCC/C=C/C(CCCCCCCCC)N(C)C. The van der Waals surface area contributed by atoms with Gasteiger partial charge in [0.15, 0.2) is 0 Å². The van der Waals surface area contributed by atoms with Gasteiger partial charge in [0, 0.05) is 6.04 Å². The third-order valence-electron chi connectivity index (χ3n) is 6.45. The van der Waals surface area contributed by atoms with E-state index >= 15 is 0 Å². The minimum absolute atomic E-state index is 0.628. The molecule has 1 nitrogen and oxygen atoms in total. The van der Waals surface area contributed by atoms with E-state index < -0.39 is 0 Å². The fourth-order valence-corrected chi connectivity index (χ4v) is 4.16. The summed E-state index contributed by atoms with van der Waals surface area (Å²) in [5.41, 5.74) is 0. The van der Waals surface area contributed by atoms with Gasteiger partial charge in [0.1, 0.15) is 0 Å². The van der Waals surface area contributed by atoms with Crippen LogP contribution in [-0.2, 0) is 0 Å². The van der Waals surface area contributed by atoms with Gasteiger partial charge in [-0.25, -0.2) is 0 Å². The average Bonchev–Trinajstić information content (AvgIpc) is 2.78. The smallest absolute Gasteiger partial charge is 0.0272 e. The molecule has 0 aliphatic carbocycles. The highest BCUT2D eigenvalue weighted by Gasteiger charge is 2.06. The van der Waals surface area contributed by atoms with Crippen LogP contribution in [0.15, 0.2) is 36.5 Å². The lowest BCUT2D eigenvalue weighted by atomic mass is 10.0. The van der Waals surface area contributed by atoms with Crippen molar-refractivity contribution in [1.29, 1.82) is 0 Å². The summed E-state index contributed by atoms with van der Waals surface area (Å²) >= 11 is 0. The zero-order valence-electron chi connectivity index (χ0n) is 22.6. The molecule has 0 aromatic rings. The van der Waals surface area contributed by atoms with Gasteiger partial charge in [-0.1, -0.05) is 127 Å². The Hall–Kier alpha value is -0.820. The van der Waals surface area contributed by atoms with Crippen LogP contribution in [0.25, 0.3) is 0 Å². The molecule has 1 atom stereocenters. The number of hydrogen-bond acceptors (Lipinski definition) is 1. The monoisotopic (exact) mass is 445 g/mol. The van der Waals surface area contributed by atoms with Gasteiger partial charge in [-0.05, 0) is 65.5 Å².